The molecule has 2 nitrogen and oxygen atoms in total. The van der Waals surface area contributed by atoms with Crippen LogP contribution < -0.4 is 24.0 Å². The molecule has 0 saturated carbocycles. The maximum atomic E-state index is 9.36. The zero-order chi connectivity index (χ0) is 5.15. The molecule has 0 aliphatic rings. The number of hydrogen-bond acceptors (Lipinski definition) is 2. The Balaban J connectivity index is 0. The summed E-state index contributed by atoms with van der Waals surface area (Å²) < 4.78 is 0. The Morgan fingerprint density at radius 2 is 1.86 bits per heavy atom. The van der Waals surface area contributed by atoms with E-state index in [1.807, 2.05) is 0 Å². The monoisotopic (exact) mass is 112 g/mol. The second-order valence-electron chi connectivity index (χ2n) is 0.692. The molecule has 34 valence electrons. The molecule has 0 saturated heterocycles. The van der Waals surface area contributed by atoms with E-state index in [4.69, 9.17) is 11.6 Å². The molecule has 4 heteroatoms. The molecule has 0 aliphatic heterocycles. The van der Waals surface area contributed by atoms with Crippen LogP contribution in [-0.4, -0.2) is 5.97 Å². The topological polar surface area (TPSA) is 40.1 Å². The van der Waals surface area contributed by atoms with Crippen molar-refractivity contribution >= 4 is 17.6 Å². The molecule has 0 aromatic carbocycles. The molecule has 0 aromatic rings. The first kappa shape index (κ1) is 10.2. The molecule has 0 radical (unpaired) electrons. The molecular formula is C3H2ClLiO2. The van der Waals surface area contributed by atoms with Crippen LogP contribution in [0, 0.1) is 0 Å². The summed E-state index contributed by atoms with van der Waals surface area (Å²) in [5.41, 5.74) is 0. The van der Waals surface area contributed by atoms with E-state index >= 15 is 0 Å². The van der Waals surface area contributed by atoms with Crippen molar-refractivity contribution < 1.29 is 28.8 Å². The average molecular weight is 112 g/mol. The van der Waals surface area contributed by atoms with Gasteiger partial charge in [0.2, 0.25) is 0 Å². The second kappa shape index (κ2) is 4.26. The minimum Gasteiger partial charge on any atom is -0.544 e. The summed E-state index contributed by atoms with van der Waals surface area (Å²) in [5, 5.41) is 8.89. The van der Waals surface area contributed by atoms with Gasteiger partial charge in [-0.25, -0.2) is 0 Å². The third-order valence-corrected chi connectivity index (χ3v) is 0.376. The minimum absolute atomic E-state index is 0. The average Bonchev–Trinajstić information content (AvgIpc) is 1.36. The van der Waals surface area contributed by atoms with Crippen LogP contribution in [0.2, 0.25) is 0 Å². The minimum atomic E-state index is -1.42. The van der Waals surface area contributed by atoms with Gasteiger partial charge in [-0.15, -0.1) is 0 Å². The SMILES string of the molecule is C=C(Cl)C(=O)[O-].[Li+]. The van der Waals surface area contributed by atoms with Crippen LogP contribution >= 0.6 is 11.6 Å². The first-order chi connectivity index (χ1) is 2.64. The number of halogens is 1. The van der Waals surface area contributed by atoms with Crippen LogP contribution in [-0.2, 0) is 4.79 Å². The Labute approximate surface area is 58.3 Å². The number of carboxylic acid groups (broad SMARTS) is 1. The van der Waals surface area contributed by atoms with Gasteiger partial charge in [0.25, 0.3) is 0 Å². The zero-order valence-corrected chi connectivity index (χ0v) is 4.66. The Bertz CT molecular complexity index is 78.9. The normalized spacial score (nSPS) is 6.43. The van der Waals surface area contributed by atoms with Crippen molar-refractivity contribution in [2.45, 2.75) is 0 Å². The van der Waals surface area contributed by atoms with Gasteiger partial charge in [-0.05, 0) is 0 Å². The van der Waals surface area contributed by atoms with Crippen LogP contribution in [0.5, 0.6) is 0 Å². The molecule has 0 fully saturated rings. The summed E-state index contributed by atoms with van der Waals surface area (Å²) >= 11 is 4.76. The van der Waals surface area contributed by atoms with Gasteiger partial charge in [-0.2, -0.15) is 0 Å². The van der Waals surface area contributed by atoms with Gasteiger partial charge in [-0.1, -0.05) is 18.2 Å². The number of hydrogen-bond donors (Lipinski definition) is 0. The van der Waals surface area contributed by atoms with Crippen molar-refractivity contribution in [2.75, 3.05) is 0 Å². The summed E-state index contributed by atoms with van der Waals surface area (Å²) in [6, 6.07) is 0. The molecule has 0 rings (SSSR count). The zero-order valence-electron chi connectivity index (χ0n) is 3.90. The van der Waals surface area contributed by atoms with Gasteiger partial charge in [0, 0.05) is 0 Å². The van der Waals surface area contributed by atoms with E-state index in [-0.39, 0.29) is 18.9 Å². The summed E-state index contributed by atoms with van der Waals surface area (Å²) in [4.78, 5) is 9.36. The van der Waals surface area contributed by atoms with E-state index in [1.54, 1.807) is 0 Å². The Kier molecular flexibility index (Phi) is 6.18. The van der Waals surface area contributed by atoms with Crippen molar-refractivity contribution in [3.05, 3.63) is 11.6 Å². The maximum absolute atomic E-state index is 9.36. The molecule has 0 atom stereocenters. The summed E-state index contributed by atoms with van der Waals surface area (Å²) in [6.07, 6.45) is 0. The van der Waals surface area contributed by atoms with Crippen LogP contribution in [0.1, 0.15) is 0 Å². The standard InChI is InChI=1S/C3H3ClO2.Li/c1-2(4)3(5)6;/h1H2,(H,5,6);/q;+1/p-1. The van der Waals surface area contributed by atoms with Gasteiger partial charge in [0.05, 0.1) is 11.0 Å². The van der Waals surface area contributed by atoms with E-state index in [2.05, 4.69) is 6.58 Å². The number of carboxylic acids is 1. The van der Waals surface area contributed by atoms with E-state index in [0.717, 1.165) is 0 Å². The predicted octanol–water partition coefficient (Wildman–Crippen LogP) is -3.51. The summed E-state index contributed by atoms with van der Waals surface area (Å²) in [6.45, 7) is 2.86. The van der Waals surface area contributed by atoms with Crippen LogP contribution in [0.25, 0.3) is 0 Å². The first-order valence-corrected chi connectivity index (χ1v) is 1.58. The van der Waals surface area contributed by atoms with Crippen molar-refractivity contribution in [2.24, 2.45) is 0 Å². The molecule has 0 bridgehead atoms. The Hall–Kier alpha value is 0.0974. The van der Waals surface area contributed by atoms with Gasteiger partial charge >= 0.3 is 18.9 Å². The van der Waals surface area contributed by atoms with Crippen LogP contribution in [0.4, 0.5) is 0 Å². The predicted molar refractivity (Wildman–Crippen MR) is 20.0 cm³/mol. The van der Waals surface area contributed by atoms with Gasteiger partial charge in [0.1, 0.15) is 0 Å². The van der Waals surface area contributed by atoms with E-state index in [0.29, 0.717) is 0 Å². The molecule has 0 aromatic heterocycles. The molecule has 0 unspecified atom stereocenters. The molecule has 7 heavy (non-hydrogen) atoms. The summed E-state index contributed by atoms with van der Waals surface area (Å²) in [7, 11) is 0. The van der Waals surface area contributed by atoms with Crippen LogP contribution in [0.3, 0.4) is 0 Å². The third-order valence-electron chi connectivity index (χ3n) is 0.221. The van der Waals surface area contributed by atoms with Gasteiger partial charge < -0.3 is 9.90 Å². The van der Waals surface area contributed by atoms with Crippen molar-refractivity contribution in [3.63, 3.8) is 0 Å². The smallest absolute Gasteiger partial charge is 0.544 e. The second-order valence-corrected chi connectivity index (χ2v) is 1.15. The first-order valence-electron chi connectivity index (χ1n) is 1.20. The van der Waals surface area contributed by atoms with E-state index < -0.39 is 11.0 Å². The fraction of sp³-hybridized carbons (Fsp3) is 0. The number of carbonyl (C=O) groups excluding carboxylic acids is 1. The van der Waals surface area contributed by atoms with Gasteiger partial charge in [-0.3, -0.25) is 0 Å². The largest absolute Gasteiger partial charge is 1.00 e. The molecule has 0 N–H and O–H groups in total. The maximum Gasteiger partial charge on any atom is 1.00 e. The molecule has 0 spiro atoms. The van der Waals surface area contributed by atoms with Crippen molar-refractivity contribution in [3.8, 4) is 0 Å². The molecular weight excluding hydrogens is 110 g/mol. The van der Waals surface area contributed by atoms with E-state index in [9.17, 15) is 9.90 Å². The molecule has 0 aliphatic carbocycles. The Morgan fingerprint density at radius 3 is 1.86 bits per heavy atom. The number of carbonyl (C=O) groups is 1. The van der Waals surface area contributed by atoms with E-state index in [1.165, 1.54) is 0 Å². The van der Waals surface area contributed by atoms with Crippen molar-refractivity contribution in [1.82, 2.24) is 0 Å². The fourth-order valence-corrected chi connectivity index (χ4v) is 0. The fourth-order valence-electron chi connectivity index (χ4n) is 0. The summed E-state index contributed by atoms with van der Waals surface area (Å²) in [5.74, 6) is -1.42. The van der Waals surface area contributed by atoms with Gasteiger partial charge in [0.15, 0.2) is 0 Å². The molecule has 0 heterocycles. The quantitative estimate of drug-likeness (QED) is 0.261. The van der Waals surface area contributed by atoms with Crippen LogP contribution in [0.15, 0.2) is 11.6 Å². The number of aliphatic carboxylic acids is 1. The molecule has 0 amide bonds. The third kappa shape index (κ3) is 6.10. The Morgan fingerprint density at radius 1 is 1.71 bits per heavy atom. The van der Waals surface area contributed by atoms with Crippen molar-refractivity contribution in [1.29, 1.82) is 0 Å². The number of rotatable bonds is 1.